The van der Waals surface area contributed by atoms with Gasteiger partial charge in [-0.25, -0.2) is 4.79 Å². The molecule has 22 heavy (non-hydrogen) atoms. The van der Waals surface area contributed by atoms with Gasteiger partial charge in [-0.05, 0) is 18.6 Å². The Kier molecular flexibility index (Phi) is 5.40. The molecule has 0 unspecified atom stereocenters. The van der Waals surface area contributed by atoms with E-state index in [0.29, 0.717) is 23.1 Å². The van der Waals surface area contributed by atoms with E-state index in [1.807, 2.05) is 6.07 Å². The topological polar surface area (TPSA) is 96.3 Å². The smallest absolute Gasteiger partial charge is 0.320 e. The highest BCUT2D eigenvalue weighted by Crippen LogP contribution is 2.31. The second-order valence-electron chi connectivity index (χ2n) is 4.52. The minimum absolute atomic E-state index is 0.0231. The van der Waals surface area contributed by atoms with Crippen LogP contribution < -0.4 is 10.6 Å². The zero-order valence-electron chi connectivity index (χ0n) is 11.8. The Morgan fingerprint density at radius 2 is 2.23 bits per heavy atom. The van der Waals surface area contributed by atoms with Gasteiger partial charge in [0.25, 0.3) is 0 Å². The summed E-state index contributed by atoms with van der Waals surface area (Å²) in [4.78, 5) is 23.0. The van der Waals surface area contributed by atoms with Crippen LogP contribution in [0.2, 0.25) is 4.34 Å². The lowest BCUT2D eigenvalue weighted by molar-refractivity contribution is -0.137. The quantitative estimate of drug-likeness (QED) is 0.703. The van der Waals surface area contributed by atoms with Gasteiger partial charge in [-0.3, -0.25) is 14.8 Å². The summed E-state index contributed by atoms with van der Waals surface area (Å²) in [6.45, 7) is 0.295. The van der Waals surface area contributed by atoms with Crippen LogP contribution >= 0.6 is 22.9 Å². The maximum absolute atomic E-state index is 11.7. The molecule has 118 valence electrons. The normalized spacial score (nSPS) is 10.5. The number of hydrogen-bond acceptors (Lipinski definition) is 4. The van der Waals surface area contributed by atoms with Gasteiger partial charge in [-0.2, -0.15) is 5.10 Å². The molecule has 0 atom stereocenters. The highest BCUT2D eigenvalue weighted by Gasteiger charge is 2.11. The van der Waals surface area contributed by atoms with Crippen molar-refractivity contribution >= 4 is 40.8 Å². The Labute approximate surface area is 135 Å². The van der Waals surface area contributed by atoms with Crippen LogP contribution in [-0.2, 0) is 11.8 Å². The molecular formula is C13H15ClN4O3S. The van der Waals surface area contributed by atoms with E-state index in [2.05, 4.69) is 15.7 Å². The van der Waals surface area contributed by atoms with Crippen molar-refractivity contribution in [2.45, 2.75) is 12.8 Å². The molecule has 7 nitrogen and oxygen atoms in total. The summed E-state index contributed by atoms with van der Waals surface area (Å²) in [7, 11) is 1.72. The molecule has 0 aliphatic carbocycles. The van der Waals surface area contributed by atoms with Crippen LogP contribution in [0.5, 0.6) is 0 Å². The molecule has 0 aliphatic rings. The van der Waals surface area contributed by atoms with Gasteiger partial charge in [0.2, 0.25) is 0 Å². The third-order valence-electron chi connectivity index (χ3n) is 2.80. The number of thiophene rings is 1. The molecule has 2 aromatic rings. The number of carboxylic acid groups (broad SMARTS) is 1. The molecule has 2 aromatic heterocycles. The van der Waals surface area contributed by atoms with Gasteiger partial charge < -0.3 is 10.4 Å². The first-order valence-corrected chi connectivity index (χ1v) is 7.71. The minimum Gasteiger partial charge on any atom is -0.481 e. The van der Waals surface area contributed by atoms with E-state index in [1.165, 1.54) is 11.3 Å². The molecule has 0 saturated heterocycles. The third kappa shape index (κ3) is 4.47. The Morgan fingerprint density at radius 3 is 2.86 bits per heavy atom. The number of carboxylic acids is 1. The maximum atomic E-state index is 11.7. The number of urea groups is 1. The molecule has 0 fully saturated rings. The van der Waals surface area contributed by atoms with E-state index in [9.17, 15) is 9.59 Å². The number of nitrogens with one attached hydrogen (secondary N) is 2. The standard InChI is InChI=1S/C13H15ClN4O3S/c1-18-11(16-13(21)15-6-2-3-12(19)20)7-8(17-18)9-4-5-10(14)22-9/h4-5,7H,2-3,6H2,1H3,(H,19,20)(H2,15,16,21). The van der Waals surface area contributed by atoms with Crippen LogP contribution in [0.1, 0.15) is 12.8 Å². The molecule has 9 heteroatoms. The lowest BCUT2D eigenvalue weighted by atomic mass is 10.3. The number of aromatic nitrogens is 2. The van der Waals surface area contributed by atoms with Gasteiger partial charge in [0.15, 0.2) is 0 Å². The zero-order chi connectivity index (χ0) is 16.1. The Morgan fingerprint density at radius 1 is 1.45 bits per heavy atom. The first-order chi connectivity index (χ1) is 10.5. The molecule has 0 aliphatic heterocycles. The number of carbonyl (C=O) groups is 2. The summed E-state index contributed by atoms with van der Waals surface area (Å²) in [5.41, 5.74) is 0.723. The number of aliphatic carboxylic acids is 1. The van der Waals surface area contributed by atoms with Crippen molar-refractivity contribution in [3.63, 3.8) is 0 Å². The monoisotopic (exact) mass is 342 g/mol. The van der Waals surface area contributed by atoms with Gasteiger partial charge in [0.05, 0.1) is 9.21 Å². The molecule has 0 bridgehead atoms. The Bertz CT molecular complexity index is 683. The first kappa shape index (κ1) is 16.3. The van der Waals surface area contributed by atoms with Crippen molar-refractivity contribution in [2.24, 2.45) is 7.05 Å². The molecule has 2 rings (SSSR count). The molecule has 2 amide bonds. The van der Waals surface area contributed by atoms with Gasteiger partial charge in [-0.15, -0.1) is 11.3 Å². The van der Waals surface area contributed by atoms with Crippen LogP contribution in [0.3, 0.4) is 0 Å². The fourth-order valence-corrected chi connectivity index (χ4v) is 2.76. The number of nitrogens with zero attached hydrogens (tertiary/aromatic N) is 2. The highest BCUT2D eigenvalue weighted by atomic mass is 35.5. The van der Waals surface area contributed by atoms with Crippen LogP contribution in [-0.4, -0.2) is 33.4 Å². The second kappa shape index (κ2) is 7.28. The van der Waals surface area contributed by atoms with Crippen molar-refractivity contribution in [3.8, 4) is 10.6 Å². The van der Waals surface area contributed by atoms with Crippen LogP contribution in [0, 0.1) is 0 Å². The summed E-state index contributed by atoms with van der Waals surface area (Å²) in [5, 5.41) is 18.1. The van der Waals surface area contributed by atoms with Gasteiger partial charge in [0, 0.05) is 26.1 Å². The number of rotatable bonds is 6. The summed E-state index contributed by atoms with van der Waals surface area (Å²) >= 11 is 7.30. The third-order valence-corrected chi connectivity index (χ3v) is 4.05. The summed E-state index contributed by atoms with van der Waals surface area (Å²) in [6.07, 6.45) is 0.405. The predicted molar refractivity (Wildman–Crippen MR) is 85.4 cm³/mol. The summed E-state index contributed by atoms with van der Waals surface area (Å²) < 4.78 is 2.23. The number of hydrogen-bond donors (Lipinski definition) is 3. The van der Waals surface area contributed by atoms with Gasteiger partial charge in [0.1, 0.15) is 11.5 Å². The number of anilines is 1. The molecule has 2 heterocycles. The lowest BCUT2D eigenvalue weighted by Crippen LogP contribution is -2.30. The molecular weight excluding hydrogens is 328 g/mol. The number of amides is 2. The van der Waals surface area contributed by atoms with E-state index in [-0.39, 0.29) is 6.42 Å². The predicted octanol–water partition coefficient (Wildman–Crippen LogP) is 2.79. The molecule has 0 aromatic carbocycles. The first-order valence-electron chi connectivity index (χ1n) is 6.52. The molecule has 0 spiro atoms. The number of halogens is 1. The summed E-state index contributed by atoms with van der Waals surface area (Å²) in [6, 6.07) is 5.01. The van der Waals surface area contributed by atoms with Gasteiger partial charge >= 0.3 is 12.0 Å². The number of aryl methyl sites for hydroxylation is 1. The lowest BCUT2D eigenvalue weighted by Gasteiger charge is -2.06. The van der Waals surface area contributed by atoms with E-state index in [4.69, 9.17) is 16.7 Å². The van der Waals surface area contributed by atoms with Gasteiger partial charge in [-0.1, -0.05) is 11.6 Å². The van der Waals surface area contributed by atoms with Crippen molar-refractivity contribution in [3.05, 3.63) is 22.5 Å². The van der Waals surface area contributed by atoms with E-state index < -0.39 is 12.0 Å². The minimum atomic E-state index is -0.881. The Hall–Kier alpha value is -2.06. The van der Waals surface area contributed by atoms with Crippen LogP contribution in [0.15, 0.2) is 18.2 Å². The summed E-state index contributed by atoms with van der Waals surface area (Å²) in [5.74, 6) is -0.344. The molecule has 3 N–H and O–H groups in total. The maximum Gasteiger partial charge on any atom is 0.320 e. The fraction of sp³-hybridized carbons (Fsp3) is 0.308. The largest absolute Gasteiger partial charge is 0.481 e. The molecule has 0 saturated carbocycles. The van der Waals surface area contributed by atoms with Crippen molar-refractivity contribution in [1.82, 2.24) is 15.1 Å². The number of carbonyl (C=O) groups excluding carboxylic acids is 1. The van der Waals surface area contributed by atoms with E-state index >= 15 is 0 Å². The van der Waals surface area contributed by atoms with Crippen LogP contribution in [0.4, 0.5) is 10.6 Å². The van der Waals surface area contributed by atoms with Crippen molar-refractivity contribution < 1.29 is 14.7 Å². The van der Waals surface area contributed by atoms with Crippen molar-refractivity contribution in [2.75, 3.05) is 11.9 Å². The van der Waals surface area contributed by atoms with Crippen LogP contribution in [0.25, 0.3) is 10.6 Å². The SMILES string of the molecule is Cn1nc(-c2ccc(Cl)s2)cc1NC(=O)NCCCC(=O)O. The second-order valence-corrected chi connectivity index (χ2v) is 6.24. The van der Waals surface area contributed by atoms with E-state index in [0.717, 1.165) is 10.6 Å². The highest BCUT2D eigenvalue weighted by molar-refractivity contribution is 7.19. The molecule has 0 radical (unpaired) electrons. The average Bonchev–Trinajstić information content (AvgIpc) is 3.02. The van der Waals surface area contributed by atoms with Crippen molar-refractivity contribution in [1.29, 1.82) is 0 Å². The zero-order valence-corrected chi connectivity index (χ0v) is 13.4. The Balaban J connectivity index is 1.91. The average molecular weight is 343 g/mol. The fourth-order valence-electron chi connectivity index (χ4n) is 1.76. The van der Waals surface area contributed by atoms with E-state index in [1.54, 1.807) is 23.9 Å².